The lowest BCUT2D eigenvalue weighted by Crippen LogP contribution is -2.50. The van der Waals surface area contributed by atoms with Gasteiger partial charge in [-0.05, 0) is 44.5 Å². The summed E-state index contributed by atoms with van der Waals surface area (Å²) in [7, 11) is 3.07. The molecule has 0 unspecified atom stereocenters. The fourth-order valence-electron chi connectivity index (χ4n) is 3.43. The largest absolute Gasteiger partial charge is 0.480 e. The van der Waals surface area contributed by atoms with Gasteiger partial charge in [0.1, 0.15) is 11.2 Å². The summed E-state index contributed by atoms with van der Waals surface area (Å²) in [5.41, 5.74) is 1.14. The minimum absolute atomic E-state index is 0.239. The van der Waals surface area contributed by atoms with Crippen LogP contribution in [0.25, 0.3) is 0 Å². The molecule has 0 aromatic carbocycles. The average Bonchev–Trinajstić information content (AvgIpc) is 2.78. The number of anilines is 2. The number of nitrogens with one attached hydrogen (secondary N) is 1. The van der Waals surface area contributed by atoms with Crippen molar-refractivity contribution in [3.63, 3.8) is 0 Å². The molecule has 33 heavy (non-hydrogen) atoms. The Hall–Kier alpha value is -3.40. The number of ether oxygens (including phenoxy) is 3. The Morgan fingerprint density at radius 2 is 1.85 bits per heavy atom. The first-order chi connectivity index (χ1) is 15.7. The molecule has 3 rings (SSSR count). The van der Waals surface area contributed by atoms with E-state index >= 15 is 0 Å². The zero-order valence-corrected chi connectivity index (χ0v) is 19.8. The molecule has 0 spiro atoms. The van der Waals surface area contributed by atoms with E-state index in [4.69, 9.17) is 14.2 Å². The van der Waals surface area contributed by atoms with Gasteiger partial charge in [0.25, 0.3) is 5.91 Å². The Bertz CT molecular complexity index is 983. The Morgan fingerprint density at radius 1 is 1.12 bits per heavy atom. The van der Waals surface area contributed by atoms with E-state index in [2.05, 4.69) is 15.3 Å². The maximum absolute atomic E-state index is 13.0. The number of hydrogen-bond acceptors (Lipinski definition) is 8. The number of pyridine rings is 2. The molecular weight excluding hydrogens is 426 g/mol. The second-order valence-electron chi connectivity index (χ2n) is 8.62. The van der Waals surface area contributed by atoms with Gasteiger partial charge in [-0.2, -0.15) is 0 Å². The predicted octanol–water partition coefficient (Wildman–Crippen LogP) is 2.94. The lowest BCUT2D eigenvalue weighted by atomic mass is 10.2. The van der Waals surface area contributed by atoms with Gasteiger partial charge in [0, 0.05) is 45.7 Å². The van der Waals surface area contributed by atoms with E-state index in [1.54, 1.807) is 36.5 Å². The summed E-state index contributed by atoms with van der Waals surface area (Å²) >= 11 is 0. The zero-order valence-electron chi connectivity index (χ0n) is 19.8. The number of piperazine rings is 1. The van der Waals surface area contributed by atoms with Crippen LogP contribution < -0.4 is 15.0 Å². The van der Waals surface area contributed by atoms with Crippen molar-refractivity contribution in [2.45, 2.75) is 33.0 Å². The molecule has 2 aromatic heterocycles. The molecule has 1 aliphatic heterocycles. The number of rotatable bonds is 6. The van der Waals surface area contributed by atoms with Crippen LogP contribution in [0.2, 0.25) is 0 Å². The topological polar surface area (TPSA) is 106 Å². The van der Waals surface area contributed by atoms with Crippen LogP contribution in [0.5, 0.6) is 5.88 Å². The number of carbonyl (C=O) groups excluding carboxylic acids is 2. The van der Waals surface area contributed by atoms with E-state index in [0.29, 0.717) is 49.9 Å². The van der Waals surface area contributed by atoms with E-state index in [1.165, 1.54) is 7.11 Å². The van der Waals surface area contributed by atoms with Crippen molar-refractivity contribution in [3.8, 4) is 5.88 Å². The van der Waals surface area contributed by atoms with Gasteiger partial charge in [-0.15, -0.1) is 0 Å². The standard InChI is InChI=1S/C23H31N5O5/c1-23(2,3)33-22(30)28-11-9-27(10-12-28)19-18(13-16(14-25-19)15-31-4)26-20(29)17-7-6-8-24-21(17)32-5/h6-8,13-14H,9-12,15H2,1-5H3,(H,26,29). The third-order valence-corrected chi connectivity index (χ3v) is 4.92. The van der Waals surface area contributed by atoms with Crippen LogP contribution in [-0.2, 0) is 16.1 Å². The minimum atomic E-state index is -0.544. The summed E-state index contributed by atoms with van der Waals surface area (Å²) in [6.07, 6.45) is 2.95. The first-order valence-electron chi connectivity index (χ1n) is 10.7. The number of aromatic nitrogens is 2. The molecule has 1 N–H and O–H groups in total. The van der Waals surface area contributed by atoms with Crippen molar-refractivity contribution >= 4 is 23.5 Å². The summed E-state index contributed by atoms with van der Waals surface area (Å²) < 4.78 is 15.9. The Morgan fingerprint density at radius 3 is 2.48 bits per heavy atom. The molecule has 10 heteroatoms. The number of nitrogens with zero attached hydrogens (tertiary/aromatic N) is 4. The van der Waals surface area contributed by atoms with Crippen molar-refractivity contribution in [2.24, 2.45) is 0 Å². The smallest absolute Gasteiger partial charge is 0.410 e. The first-order valence-corrected chi connectivity index (χ1v) is 10.7. The van der Waals surface area contributed by atoms with Crippen LogP contribution in [0.3, 0.4) is 0 Å². The zero-order chi connectivity index (χ0) is 24.0. The Balaban J connectivity index is 1.79. The molecule has 1 fully saturated rings. The third-order valence-electron chi connectivity index (χ3n) is 4.92. The highest BCUT2D eigenvalue weighted by Crippen LogP contribution is 2.27. The normalized spacial score (nSPS) is 14.1. The predicted molar refractivity (Wildman–Crippen MR) is 124 cm³/mol. The summed E-state index contributed by atoms with van der Waals surface area (Å²) in [5.74, 6) is 0.503. The fraction of sp³-hybridized carbons (Fsp3) is 0.478. The van der Waals surface area contributed by atoms with Crippen LogP contribution >= 0.6 is 0 Å². The molecule has 0 atom stereocenters. The number of methoxy groups -OCH3 is 2. The van der Waals surface area contributed by atoms with Gasteiger partial charge in [-0.3, -0.25) is 4.79 Å². The number of hydrogen-bond donors (Lipinski definition) is 1. The van der Waals surface area contributed by atoms with E-state index in [1.807, 2.05) is 31.7 Å². The van der Waals surface area contributed by atoms with Crippen molar-refractivity contribution < 1.29 is 23.8 Å². The number of amides is 2. The van der Waals surface area contributed by atoms with Gasteiger partial charge in [0.15, 0.2) is 5.82 Å². The van der Waals surface area contributed by atoms with Crippen LogP contribution in [0, 0.1) is 0 Å². The molecule has 3 heterocycles. The maximum Gasteiger partial charge on any atom is 0.410 e. The van der Waals surface area contributed by atoms with Gasteiger partial charge in [-0.25, -0.2) is 14.8 Å². The fourth-order valence-corrected chi connectivity index (χ4v) is 3.43. The van der Waals surface area contributed by atoms with Gasteiger partial charge >= 0.3 is 6.09 Å². The molecule has 0 bridgehead atoms. The first kappa shape index (κ1) is 24.2. The summed E-state index contributed by atoms with van der Waals surface area (Å²) in [6.45, 7) is 7.97. The van der Waals surface area contributed by atoms with Crippen LogP contribution in [-0.4, -0.2) is 72.9 Å². The van der Waals surface area contributed by atoms with Crippen LogP contribution in [0.15, 0.2) is 30.6 Å². The van der Waals surface area contributed by atoms with Gasteiger partial charge in [0.2, 0.25) is 5.88 Å². The lowest BCUT2D eigenvalue weighted by molar-refractivity contribution is 0.0240. The highest BCUT2D eigenvalue weighted by atomic mass is 16.6. The van der Waals surface area contributed by atoms with Gasteiger partial charge in [0.05, 0.1) is 19.4 Å². The molecule has 0 aliphatic carbocycles. The molecule has 178 valence electrons. The Kier molecular flexibility index (Phi) is 7.70. The highest BCUT2D eigenvalue weighted by molar-refractivity contribution is 6.07. The van der Waals surface area contributed by atoms with Crippen molar-refractivity contribution in [3.05, 3.63) is 41.7 Å². The molecular formula is C23H31N5O5. The molecule has 2 amide bonds. The molecule has 1 aliphatic rings. The minimum Gasteiger partial charge on any atom is -0.480 e. The van der Waals surface area contributed by atoms with E-state index in [-0.39, 0.29) is 17.9 Å². The molecule has 10 nitrogen and oxygen atoms in total. The monoisotopic (exact) mass is 457 g/mol. The van der Waals surface area contributed by atoms with Crippen LogP contribution in [0.4, 0.5) is 16.3 Å². The average molecular weight is 458 g/mol. The maximum atomic E-state index is 13.0. The quantitative estimate of drug-likeness (QED) is 0.706. The van der Waals surface area contributed by atoms with Crippen LogP contribution in [0.1, 0.15) is 36.7 Å². The molecule has 0 saturated carbocycles. The Labute approximate surface area is 193 Å². The lowest BCUT2D eigenvalue weighted by Gasteiger charge is -2.36. The summed E-state index contributed by atoms with van der Waals surface area (Å²) in [6, 6.07) is 5.16. The van der Waals surface area contributed by atoms with Crippen molar-refractivity contribution in [1.82, 2.24) is 14.9 Å². The SMILES string of the molecule is COCc1cnc(N2CCN(C(=O)OC(C)(C)C)CC2)c(NC(=O)c2cccnc2OC)c1. The molecule has 0 radical (unpaired) electrons. The highest BCUT2D eigenvalue weighted by Gasteiger charge is 2.28. The molecule has 2 aromatic rings. The van der Waals surface area contributed by atoms with E-state index in [9.17, 15) is 9.59 Å². The summed E-state index contributed by atoms with van der Waals surface area (Å²) in [4.78, 5) is 37.8. The number of carbonyl (C=O) groups is 2. The van der Waals surface area contributed by atoms with Gasteiger partial charge < -0.3 is 29.3 Å². The van der Waals surface area contributed by atoms with Crippen molar-refractivity contribution in [1.29, 1.82) is 0 Å². The third kappa shape index (κ3) is 6.32. The summed E-state index contributed by atoms with van der Waals surface area (Å²) in [5, 5.41) is 2.94. The van der Waals surface area contributed by atoms with Gasteiger partial charge in [-0.1, -0.05) is 0 Å². The van der Waals surface area contributed by atoms with Crippen molar-refractivity contribution in [2.75, 3.05) is 50.6 Å². The second kappa shape index (κ2) is 10.5. The van der Waals surface area contributed by atoms with E-state index < -0.39 is 5.60 Å². The second-order valence-corrected chi connectivity index (χ2v) is 8.62. The van der Waals surface area contributed by atoms with E-state index in [0.717, 1.165) is 5.56 Å². The molecule has 1 saturated heterocycles.